The molecule has 2 N–H and O–H groups in total. The molecule has 1 atom stereocenters. The number of ketones is 1. The summed E-state index contributed by atoms with van der Waals surface area (Å²) in [5.74, 6) is 0.257. The van der Waals surface area contributed by atoms with Crippen molar-refractivity contribution in [2.45, 2.75) is 26.2 Å². The van der Waals surface area contributed by atoms with Gasteiger partial charge in [0.25, 0.3) is 0 Å². The summed E-state index contributed by atoms with van der Waals surface area (Å²) in [5.41, 5.74) is 10.6. The molecule has 0 saturated heterocycles. The third kappa shape index (κ3) is 1.58. The van der Waals surface area contributed by atoms with Crippen LogP contribution >= 0.6 is 0 Å². The fraction of sp³-hybridized carbons (Fsp3) is 0.333. The smallest absolute Gasteiger partial charge is 0.169 e. The average molecular weight is 293 g/mol. The van der Waals surface area contributed by atoms with Gasteiger partial charge in [0, 0.05) is 18.4 Å². The molecule has 0 fully saturated rings. The van der Waals surface area contributed by atoms with Gasteiger partial charge >= 0.3 is 0 Å². The molecule has 1 aromatic carbocycles. The monoisotopic (exact) mass is 293 g/mol. The van der Waals surface area contributed by atoms with Crippen molar-refractivity contribution >= 4 is 33.4 Å². The van der Waals surface area contributed by atoms with Crippen LogP contribution in [-0.4, -0.2) is 15.3 Å². The average Bonchev–Trinajstić information content (AvgIpc) is 2.81. The molecule has 4 rings (SSSR count). The van der Waals surface area contributed by atoms with Crippen molar-refractivity contribution < 1.29 is 4.79 Å². The van der Waals surface area contributed by atoms with Crippen LogP contribution in [0.3, 0.4) is 0 Å². The first-order valence-electron chi connectivity index (χ1n) is 7.83. The summed E-state index contributed by atoms with van der Waals surface area (Å²) in [6.07, 6.45) is 2.58. The molecule has 4 heteroatoms. The number of aromatic nitrogens is 2. The summed E-state index contributed by atoms with van der Waals surface area (Å²) in [7, 11) is 2.00. The fourth-order valence-corrected chi connectivity index (χ4v) is 3.73. The number of Topliss-reactive ketones (excluding diaryl/α,β-unsaturated/α-hetero) is 1. The molecule has 0 radical (unpaired) electrons. The minimum Gasteiger partial charge on any atom is -0.397 e. The molecular weight excluding hydrogens is 274 g/mol. The second kappa shape index (κ2) is 4.57. The molecular formula is C18H19N3O. The number of anilines is 1. The Kier molecular flexibility index (Phi) is 2.76. The van der Waals surface area contributed by atoms with Crippen molar-refractivity contribution in [1.29, 1.82) is 0 Å². The topological polar surface area (TPSA) is 60.9 Å². The number of nitrogens with two attached hydrogens (primary N) is 1. The molecule has 112 valence electrons. The second-order valence-corrected chi connectivity index (χ2v) is 6.13. The Hall–Kier alpha value is -2.36. The molecule has 1 unspecified atom stereocenters. The number of carbonyl (C=O) groups is 1. The predicted molar refractivity (Wildman–Crippen MR) is 89.1 cm³/mol. The van der Waals surface area contributed by atoms with Crippen LogP contribution in [0, 0.1) is 5.92 Å². The highest BCUT2D eigenvalue weighted by Gasteiger charge is 2.31. The highest BCUT2D eigenvalue weighted by molar-refractivity contribution is 6.18. The van der Waals surface area contributed by atoms with Crippen LogP contribution in [0.2, 0.25) is 0 Å². The van der Waals surface area contributed by atoms with E-state index in [9.17, 15) is 4.79 Å². The van der Waals surface area contributed by atoms with E-state index in [0.717, 1.165) is 46.9 Å². The molecule has 0 amide bonds. The van der Waals surface area contributed by atoms with E-state index in [2.05, 4.69) is 17.6 Å². The number of hydrogen-bond donors (Lipinski definition) is 1. The van der Waals surface area contributed by atoms with Gasteiger partial charge in [-0.2, -0.15) is 0 Å². The number of aryl methyl sites for hydroxylation is 2. The number of rotatable bonds is 1. The van der Waals surface area contributed by atoms with Crippen LogP contribution < -0.4 is 5.73 Å². The number of para-hydroxylation sites is 1. The lowest BCUT2D eigenvalue weighted by Gasteiger charge is -2.23. The second-order valence-electron chi connectivity index (χ2n) is 6.13. The Morgan fingerprint density at radius 2 is 2.14 bits per heavy atom. The Balaban J connectivity index is 2.13. The number of carbonyl (C=O) groups excluding carboxylic acids is 1. The van der Waals surface area contributed by atoms with E-state index in [1.807, 2.05) is 25.2 Å². The lowest BCUT2D eigenvalue weighted by Crippen LogP contribution is -2.24. The highest BCUT2D eigenvalue weighted by Crippen LogP contribution is 2.38. The molecule has 0 spiro atoms. The van der Waals surface area contributed by atoms with E-state index in [1.54, 1.807) is 0 Å². The van der Waals surface area contributed by atoms with E-state index < -0.39 is 0 Å². The maximum atomic E-state index is 12.7. The number of nitrogen functional groups attached to an aromatic ring is 1. The standard InChI is InChI=1S/C18H19N3O/c1-3-10-8-9-12-15(17(10)22)16(19)14-11-6-4-5-7-13(11)21(2)18(14)20-12/h4-7,10H,3,8-9H2,1-2H3,(H2,19,20). The Morgan fingerprint density at radius 3 is 2.91 bits per heavy atom. The first-order chi connectivity index (χ1) is 10.6. The van der Waals surface area contributed by atoms with Gasteiger partial charge < -0.3 is 10.3 Å². The van der Waals surface area contributed by atoms with E-state index >= 15 is 0 Å². The lowest BCUT2D eigenvalue weighted by atomic mass is 9.82. The van der Waals surface area contributed by atoms with E-state index in [4.69, 9.17) is 10.7 Å². The van der Waals surface area contributed by atoms with Crippen molar-refractivity contribution in [3.8, 4) is 0 Å². The van der Waals surface area contributed by atoms with Crippen molar-refractivity contribution in [2.75, 3.05) is 5.73 Å². The molecule has 2 heterocycles. The minimum atomic E-state index is 0.0871. The van der Waals surface area contributed by atoms with Crippen LogP contribution in [0.5, 0.6) is 0 Å². The summed E-state index contributed by atoms with van der Waals surface area (Å²) >= 11 is 0. The normalized spacial score (nSPS) is 18.1. The third-order valence-corrected chi connectivity index (χ3v) is 4.98. The van der Waals surface area contributed by atoms with Gasteiger partial charge in [-0.25, -0.2) is 4.98 Å². The van der Waals surface area contributed by atoms with Crippen LogP contribution in [0.15, 0.2) is 24.3 Å². The van der Waals surface area contributed by atoms with Crippen molar-refractivity contribution in [3.63, 3.8) is 0 Å². The zero-order valence-corrected chi connectivity index (χ0v) is 12.9. The molecule has 1 aliphatic carbocycles. The van der Waals surface area contributed by atoms with Crippen molar-refractivity contribution in [3.05, 3.63) is 35.5 Å². The largest absolute Gasteiger partial charge is 0.397 e. The van der Waals surface area contributed by atoms with Gasteiger partial charge in [-0.1, -0.05) is 25.1 Å². The van der Waals surface area contributed by atoms with Crippen LogP contribution in [0.25, 0.3) is 21.9 Å². The van der Waals surface area contributed by atoms with Crippen LogP contribution in [0.4, 0.5) is 5.69 Å². The van der Waals surface area contributed by atoms with Gasteiger partial charge in [-0.15, -0.1) is 0 Å². The molecule has 22 heavy (non-hydrogen) atoms. The first kappa shape index (κ1) is 13.3. The lowest BCUT2D eigenvalue weighted by molar-refractivity contribution is 0.0898. The Bertz CT molecular complexity index is 923. The summed E-state index contributed by atoms with van der Waals surface area (Å²) in [5, 5.41) is 1.99. The Morgan fingerprint density at radius 1 is 1.36 bits per heavy atom. The Labute approximate surface area is 128 Å². The number of pyridine rings is 1. The summed E-state index contributed by atoms with van der Waals surface area (Å²) in [4.78, 5) is 17.5. The zero-order chi connectivity index (χ0) is 15.4. The fourth-order valence-electron chi connectivity index (χ4n) is 3.73. The summed E-state index contributed by atoms with van der Waals surface area (Å²) in [6, 6.07) is 8.12. The molecule has 3 aromatic rings. The van der Waals surface area contributed by atoms with Gasteiger partial charge in [0.2, 0.25) is 0 Å². The molecule has 0 aliphatic heterocycles. The molecule has 1 aliphatic rings. The van der Waals surface area contributed by atoms with Gasteiger partial charge in [0.15, 0.2) is 5.78 Å². The maximum Gasteiger partial charge on any atom is 0.169 e. The molecule has 0 saturated carbocycles. The van der Waals surface area contributed by atoms with Crippen LogP contribution in [-0.2, 0) is 13.5 Å². The molecule has 2 aromatic heterocycles. The quantitative estimate of drug-likeness (QED) is 0.747. The van der Waals surface area contributed by atoms with Crippen molar-refractivity contribution in [2.24, 2.45) is 13.0 Å². The minimum absolute atomic E-state index is 0.0871. The van der Waals surface area contributed by atoms with E-state index in [-0.39, 0.29) is 11.7 Å². The highest BCUT2D eigenvalue weighted by atomic mass is 16.1. The van der Waals surface area contributed by atoms with Crippen LogP contribution in [0.1, 0.15) is 35.8 Å². The predicted octanol–water partition coefficient (Wildman–Crippen LogP) is 3.46. The number of fused-ring (bicyclic) bond motifs is 4. The van der Waals surface area contributed by atoms with Crippen molar-refractivity contribution in [1.82, 2.24) is 9.55 Å². The summed E-state index contributed by atoms with van der Waals surface area (Å²) < 4.78 is 2.07. The summed E-state index contributed by atoms with van der Waals surface area (Å²) in [6.45, 7) is 2.06. The van der Waals surface area contributed by atoms with Gasteiger partial charge in [0.05, 0.1) is 27.8 Å². The van der Waals surface area contributed by atoms with E-state index in [0.29, 0.717) is 11.3 Å². The number of hydrogen-bond acceptors (Lipinski definition) is 3. The molecule has 4 nitrogen and oxygen atoms in total. The number of benzene rings is 1. The third-order valence-electron chi connectivity index (χ3n) is 4.98. The first-order valence-corrected chi connectivity index (χ1v) is 7.83. The zero-order valence-electron chi connectivity index (χ0n) is 12.9. The SMILES string of the molecule is CCC1CCc2nc3c(c(N)c2C1=O)c1ccccc1n3C. The van der Waals surface area contributed by atoms with Gasteiger partial charge in [0.1, 0.15) is 5.65 Å². The maximum absolute atomic E-state index is 12.7. The molecule has 0 bridgehead atoms. The van der Waals surface area contributed by atoms with Gasteiger partial charge in [-0.3, -0.25) is 4.79 Å². The van der Waals surface area contributed by atoms with Gasteiger partial charge in [-0.05, 0) is 25.3 Å². The van der Waals surface area contributed by atoms with E-state index in [1.165, 1.54) is 0 Å². The number of nitrogens with zero attached hydrogens (tertiary/aromatic N) is 2.